The molecule has 0 bridgehead atoms. The highest BCUT2D eigenvalue weighted by atomic mass is 32.2. The molecule has 0 amide bonds. The van der Waals surface area contributed by atoms with E-state index in [0.29, 0.717) is 0 Å². The summed E-state index contributed by atoms with van der Waals surface area (Å²) in [4.78, 5) is 1.30. The molecule has 2 rings (SSSR count). The van der Waals surface area contributed by atoms with Gasteiger partial charge in [0.2, 0.25) is 0 Å². The molecule has 0 fully saturated rings. The molecule has 1 aromatic carbocycles. The Bertz CT molecular complexity index is 553. The number of hydrogen-bond acceptors (Lipinski definition) is 4. The molecule has 1 atom stereocenters. The summed E-state index contributed by atoms with van der Waals surface area (Å²) in [6, 6.07) is 8.71. The Morgan fingerprint density at radius 3 is 2.76 bits per heavy atom. The molecule has 1 N–H and O–H groups in total. The van der Waals surface area contributed by atoms with Crippen molar-refractivity contribution in [3.8, 4) is 0 Å². The van der Waals surface area contributed by atoms with Gasteiger partial charge in [0.05, 0.1) is 17.9 Å². The fourth-order valence-corrected chi connectivity index (χ4v) is 3.08. The molecule has 0 saturated carbocycles. The van der Waals surface area contributed by atoms with E-state index in [1.54, 1.807) is 11.8 Å². The van der Waals surface area contributed by atoms with Crippen molar-refractivity contribution in [2.24, 2.45) is 0 Å². The van der Waals surface area contributed by atoms with Gasteiger partial charge >= 0.3 is 0 Å². The first-order valence-corrected chi connectivity index (χ1v) is 8.78. The van der Waals surface area contributed by atoms with E-state index in [1.807, 2.05) is 10.9 Å². The highest BCUT2D eigenvalue weighted by Crippen LogP contribution is 2.29. The third-order valence-corrected chi connectivity index (χ3v) is 4.24. The lowest BCUT2D eigenvalue weighted by Crippen LogP contribution is -2.26. The summed E-state index contributed by atoms with van der Waals surface area (Å²) in [5.74, 6) is 0. The smallest absolute Gasteiger partial charge is 0.0802 e. The van der Waals surface area contributed by atoms with Crippen LogP contribution in [0.3, 0.4) is 0 Å². The van der Waals surface area contributed by atoms with Crippen LogP contribution in [0.15, 0.2) is 35.4 Å². The summed E-state index contributed by atoms with van der Waals surface area (Å²) in [5, 5.41) is 12.0. The lowest BCUT2D eigenvalue weighted by atomic mass is 10.0. The lowest BCUT2D eigenvalue weighted by Gasteiger charge is -2.21. The maximum absolute atomic E-state index is 4.24. The summed E-state index contributed by atoms with van der Waals surface area (Å²) >= 11 is 1.78. The van der Waals surface area contributed by atoms with E-state index in [9.17, 15) is 0 Å². The molecule has 0 radical (unpaired) electrons. The van der Waals surface area contributed by atoms with Gasteiger partial charge in [0.25, 0.3) is 0 Å². The topological polar surface area (TPSA) is 42.7 Å². The highest BCUT2D eigenvalue weighted by Gasteiger charge is 2.20. The number of nitrogens with zero attached hydrogens (tertiary/aromatic N) is 3. The van der Waals surface area contributed by atoms with Crippen LogP contribution in [0.4, 0.5) is 0 Å². The number of benzene rings is 1. The number of aryl methyl sites for hydroxylation is 1. The van der Waals surface area contributed by atoms with Crippen molar-refractivity contribution in [2.45, 2.75) is 44.2 Å². The molecule has 0 aliphatic rings. The molecule has 2 aromatic rings. The molecule has 5 heteroatoms. The molecule has 1 aromatic heterocycles. The molecule has 0 aliphatic heterocycles. The zero-order chi connectivity index (χ0) is 15.1. The predicted molar refractivity (Wildman–Crippen MR) is 88.7 cm³/mol. The molecule has 1 unspecified atom stereocenters. The highest BCUT2D eigenvalue weighted by molar-refractivity contribution is 7.98. The van der Waals surface area contributed by atoms with Crippen molar-refractivity contribution < 1.29 is 0 Å². The Labute approximate surface area is 131 Å². The van der Waals surface area contributed by atoms with Crippen molar-refractivity contribution in [3.63, 3.8) is 0 Å². The molecule has 1 heterocycles. The van der Waals surface area contributed by atoms with Crippen molar-refractivity contribution in [1.29, 1.82) is 0 Å². The van der Waals surface area contributed by atoms with Crippen molar-refractivity contribution in [1.82, 2.24) is 20.3 Å². The maximum Gasteiger partial charge on any atom is 0.0802 e. The van der Waals surface area contributed by atoms with Crippen LogP contribution < -0.4 is 5.32 Å². The Balaban J connectivity index is 2.40. The van der Waals surface area contributed by atoms with Crippen LogP contribution in [0.25, 0.3) is 0 Å². The van der Waals surface area contributed by atoms with E-state index in [4.69, 9.17) is 0 Å². The van der Waals surface area contributed by atoms with Gasteiger partial charge in [-0.15, -0.1) is 16.9 Å². The molecule has 4 nitrogen and oxygen atoms in total. The monoisotopic (exact) mass is 304 g/mol. The summed E-state index contributed by atoms with van der Waals surface area (Å²) in [5.41, 5.74) is 2.45. The first-order valence-electron chi connectivity index (χ1n) is 7.56. The maximum atomic E-state index is 4.24. The van der Waals surface area contributed by atoms with Gasteiger partial charge in [0.1, 0.15) is 0 Å². The average Bonchev–Trinajstić information content (AvgIpc) is 2.97. The standard InChI is InChI=1S/C16H24N4S/c1-4-10-17-16(13-8-6-7-9-15(13)21-3)14-12-18-19-20(14)11-5-2/h6-9,12,16-17H,4-5,10-11H2,1-3H3. The van der Waals surface area contributed by atoms with Gasteiger partial charge in [-0.3, -0.25) is 0 Å². The van der Waals surface area contributed by atoms with Crippen molar-refractivity contribution in [3.05, 3.63) is 41.7 Å². The van der Waals surface area contributed by atoms with Crippen molar-refractivity contribution in [2.75, 3.05) is 12.8 Å². The zero-order valence-corrected chi connectivity index (χ0v) is 13.9. The van der Waals surface area contributed by atoms with Gasteiger partial charge in [-0.05, 0) is 37.3 Å². The van der Waals surface area contributed by atoms with E-state index in [2.05, 4.69) is 60.0 Å². The van der Waals surface area contributed by atoms with Gasteiger partial charge in [-0.2, -0.15) is 0 Å². The minimum atomic E-state index is 0.148. The number of rotatable bonds is 8. The largest absolute Gasteiger partial charge is 0.305 e. The number of aromatic nitrogens is 3. The van der Waals surface area contributed by atoms with Gasteiger partial charge < -0.3 is 5.32 Å². The number of nitrogens with one attached hydrogen (secondary N) is 1. The normalized spacial score (nSPS) is 12.5. The predicted octanol–water partition coefficient (Wildman–Crippen LogP) is 3.50. The van der Waals surface area contributed by atoms with Crippen LogP contribution in [0, 0.1) is 0 Å². The second-order valence-corrected chi connectivity index (χ2v) is 5.86. The lowest BCUT2D eigenvalue weighted by molar-refractivity contribution is 0.501. The summed E-state index contributed by atoms with van der Waals surface area (Å²) in [6.45, 7) is 6.23. The van der Waals surface area contributed by atoms with E-state index < -0.39 is 0 Å². The summed E-state index contributed by atoms with van der Waals surface area (Å²) in [6.07, 6.45) is 6.17. The Morgan fingerprint density at radius 2 is 2.05 bits per heavy atom. The van der Waals surface area contributed by atoms with Gasteiger partial charge in [-0.1, -0.05) is 37.3 Å². The van der Waals surface area contributed by atoms with Crippen LogP contribution in [0.5, 0.6) is 0 Å². The van der Waals surface area contributed by atoms with Gasteiger partial charge in [-0.25, -0.2) is 4.68 Å². The number of thioether (sulfide) groups is 1. The van der Waals surface area contributed by atoms with Crippen molar-refractivity contribution >= 4 is 11.8 Å². The first kappa shape index (κ1) is 16.0. The molecule has 0 aliphatic carbocycles. The Kier molecular flexibility index (Phi) is 6.26. The third-order valence-electron chi connectivity index (χ3n) is 3.43. The average molecular weight is 304 g/mol. The molecule has 114 valence electrons. The fourth-order valence-electron chi connectivity index (χ4n) is 2.44. The second kappa shape index (κ2) is 8.20. The van der Waals surface area contributed by atoms with E-state index in [0.717, 1.165) is 31.6 Å². The quantitative estimate of drug-likeness (QED) is 0.758. The summed E-state index contributed by atoms with van der Waals surface area (Å²) in [7, 11) is 0. The zero-order valence-electron chi connectivity index (χ0n) is 13.0. The first-order chi connectivity index (χ1) is 10.3. The van der Waals surface area contributed by atoms with Gasteiger partial charge in [0, 0.05) is 11.4 Å². The molecular formula is C16H24N4S. The minimum absolute atomic E-state index is 0.148. The van der Waals surface area contributed by atoms with Crippen LogP contribution in [-0.2, 0) is 6.54 Å². The SMILES string of the molecule is CCCNC(c1ccccc1SC)c1cnnn1CCC. The van der Waals surface area contributed by atoms with E-state index in [-0.39, 0.29) is 6.04 Å². The Morgan fingerprint density at radius 1 is 1.24 bits per heavy atom. The second-order valence-electron chi connectivity index (χ2n) is 5.01. The van der Waals surface area contributed by atoms with Gasteiger partial charge in [0.15, 0.2) is 0 Å². The van der Waals surface area contributed by atoms with Crippen LogP contribution in [0.2, 0.25) is 0 Å². The minimum Gasteiger partial charge on any atom is -0.305 e. The fraction of sp³-hybridized carbons (Fsp3) is 0.500. The van der Waals surface area contributed by atoms with Crippen LogP contribution in [0.1, 0.15) is 44.0 Å². The third kappa shape index (κ3) is 3.86. The summed E-state index contributed by atoms with van der Waals surface area (Å²) < 4.78 is 2.02. The van der Waals surface area contributed by atoms with Crippen LogP contribution in [-0.4, -0.2) is 27.8 Å². The molecule has 21 heavy (non-hydrogen) atoms. The van der Waals surface area contributed by atoms with E-state index in [1.165, 1.54) is 10.5 Å². The molecule has 0 saturated heterocycles. The Hall–Kier alpha value is -1.33. The van der Waals surface area contributed by atoms with E-state index >= 15 is 0 Å². The molecule has 0 spiro atoms. The van der Waals surface area contributed by atoms with Crippen LogP contribution >= 0.6 is 11.8 Å². The molecular weight excluding hydrogens is 280 g/mol. The number of hydrogen-bond donors (Lipinski definition) is 1.